The Bertz CT molecular complexity index is 626. The summed E-state index contributed by atoms with van der Waals surface area (Å²) in [5, 5.41) is 0. The summed E-state index contributed by atoms with van der Waals surface area (Å²) in [6, 6.07) is 6.00. The molecule has 0 heterocycles. The van der Waals surface area contributed by atoms with Crippen LogP contribution in [0.5, 0.6) is 0 Å². The van der Waals surface area contributed by atoms with Gasteiger partial charge in [0.1, 0.15) is 5.82 Å². The molecular weight excluding hydrogens is 243 g/mol. The van der Waals surface area contributed by atoms with Gasteiger partial charge >= 0.3 is 0 Å². The first-order valence-electron chi connectivity index (χ1n) is 5.04. The fourth-order valence-electron chi connectivity index (χ4n) is 1.52. The van der Waals surface area contributed by atoms with Gasteiger partial charge in [0.2, 0.25) is 0 Å². The minimum absolute atomic E-state index is 0.0751. The molecule has 2 rings (SSSR count). The zero-order valence-electron chi connectivity index (χ0n) is 9.08. The zero-order valence-corrected chi connectivity index (χ0v) is 9.08. The van der Waals surface area contributed by atoms with Gasteiger partial charge in [-0.3, -0.25) is 4.79 Å². The van der Waals surface area contributed by atoms with Crippen LogP contribution >= 0.6 is 0 Å². The number of carbonyl (C=O) groups is 1. The van der Waals surface area contributed by atoms with E-state index < -0.39 is 23.2 Å². The van der Waals surface area contributed by atoms with E-state index in [1.54, 1.807) is 0 Å². The van der Waals surface area contributed by atoms with Crippen LogP contribution < -0.4 is 5.73 Å². The molecule has 0 radical (unpaired) electrons. The molecule has 0 saturated carbocycles. The Labute approximate surface area is 101 Å². The molecule has 0 aliphatic heterocycles. The number of benzene rings is 2. The van der Waals surface area contributed by atoms with Crippen LogP contribution in [0.2, 0.25) is 0 Å². The van der Waals surface area contributed by atoms with E-state index in [9.17, 15) is 18.0 Å². The molecule has 0 bridgehead atoms. The Kier molecular flexibility index (Phi) is 3.06. The number of anilines is 1. The van der Waals surface area contributed by atoms with Crippen molar-refractivity contribution in [3.63, 3.8) is 0 Å². The van der Waals surface area contributed by atoms with Gasteiger partial charge in [0, 0.05) is 16.8 Å². The third kappa shape index (κ3) is 2.20. The lowest BCUT2D eigenvalue weighted by Gasteiger charge is -2.05. The SMILES string of the molecule is Nc1ccc(F)cc1C(=O)c1ccc(F)c(F)c1. The fraction of sp³-hybridized carbons (Fsp3) is 0. The summed E-state index contributed by atoms with van der Waals surface area (Å²) >= 11 is 0. The third-order valence-corrected chi connectivity index (χ3v) is 2.44. The molecule has 0 fully saturated rings. The number of ketones is 1. The van der Waals surface area contributed by atoms with Crippen LogP contribution in [0.3, 0.4) is 0 Å². The standard InChI is InChI=1S/C13H8F3NO/c14-8-2-4-12(17)9(6-8)13(18)7-1-3-10(15)11(16)5-7/h1-6H,17H2. The molecule has 2 aromatic carbocycles. The summed E-state index contributed by atoms with van der Waals surface area (Å²) in [7, 11) is 0. The number of halogens is 3. The Morgan fingerprint density at radius 3 is 2.33 bits per heavy atom. The second kappa shape index (κ2) is 4.52. The lowest BCUT2D eigenvalue weighted by atomic mass is 10.0. The predicted octanol–water partition coefficient (Wildman–Crippen LogP) is 2.92. The maximum absolute atomic E-state index is 13.0. The molecule has 92 valence electrons. The van der Waals surface area contributed by atoms with Crippen LogP contribution in [0.15, 0.2) is 36.4 Å². The van der Waals surface area contributed by atoms with Crippen molar-refractivity contribution in [2.45, 2.75) is 0 Å². The Hall–Kier alpha value is -2.30. The second-order valence-electron chi connectivity index (χ2n) is 3.69. The summed E-state index contributed by atoms with van der Waals surface area (Å²) in [5.41, 5.74) is 5.44. The smallest absolute Gasteiger partial charge is 0.195 e. The molecule has 2 N–H and O–H groups in total. The van der Waals surface area contributed by atoms with Crippen LogP contribution in [0.1, 0.15) is 15.9 Å². The van der Waals surface area contributed by atoms with Gasteiger partial charge in [-0.25, -0.2) is 13.2 Å². The first kappa shape index (κ1) is 12.2. The topological polar surface area (TPSA) is 43.1 Å². The van der Waals surface area contributed by atoms with Gasteiger partial charge in [-0.1, -0.05) is 0 Å². The summed E-state index contributed by atoms with van der Waals surface area (Å²) in [4.78, 5) is 11.9. The molecule has 2 aromatic rings. The highest BCUT2D eigenvalue weighted by molar-refractivity contribution is 6.12. The molecule has 0 aliphatic carbocycles. The van der Waals surface area contributed by atoms with E-state index in [2.05, 4.69) is 0 Å². The summed E-state index contributed by atoms with van der Waals surface area (Å²) < 4.78 is 38.8. The molecule has 18 heavy (non-hydrogen) atoms. The molecule has 2 nitrogen and oxygen atoms in total. The number of nitrogens with two attached hydrogens (primary N) is 1. The van der Waals surface area contributed by atoms with Crippen molar-refractivity contribution in [3.05, 3.63) is 65.0 Å². The molecule has 0 aromatic heterocycles. The summed E-state index contributed by atoms with van der Waals surface area (Å²) in [5.74, 6) is -3.49. The molecule has 0 saturated heterocycles. The molecular formula is C13H8F3NO. The lowest BCUT2D eigenvalue weighted by Crippen LogP contribution is -2.06. The minimum Gasteiger partial charge on any atom is -0.398 e. The lowest BCUT2D eigenvalue weighted by molar-refractivity contribution is 0.103. The van der Waals surface area contributed by atoms with E-state index in [0.29, 0.717) is 0 Å². The number of nitrogen functional groups attached to an aromatic ring is 1. The van der Waals surface area contributed by atoms with Gasteiger partial charge in [-0.05, 0) is 36.4 Å². The number of rotatable bonds is 2. The highest BCUT2D eigenvalue weighted by atomic mass is 19.2. The van der Waals surface area contributed by atoms with Crippen molar-refractivity contribution in [1.29, 1.82) is 0 Å². The van der Waals surface area contributed by atoms with Gasteiger partial charge in [0.25, 0.3) is 0 Å². The molecule has 0 amide bonds. The average molecular weight is 251 g/mol. The van der Waals surface area contributed by atoms with Crippen molar-refractivity contribution < 1.29 is 18.0 Å². The summed E-state index contributed by atoms with van der Waals surface area (Å²) in [6.45, 7) is 0. The van der Waals surface area contributed by atoms with Crippen molar-refractivity contribution in [2.75, 3.05) is 5.73 Å². The molecule has 0 atom stereocenters. The van der Waals surface area contributed by atoms with Crippen LogP contribution in [0, 0.1) is 17.5 Å². The van der Waals surface area contributed by atoms with Crippen molar-refractivity contribution in [2.24, 2.45) is 0 Å². The maximum atomic E-state index is 13.0. The highest BCUT2D eigenvalue weighted by Crippen LogP contribution is 2.19. The van der Waals surface area contributed by atoms with Gasteiger partial charge < -0.3 is 5.73 Å². The van der Waals surface area contributed by atoms with Gasteiger partial charge in [0.05, 0.1) is 0 Å². The van der Waals surface area contributed by atoms with E-state index in [0.717, 1.165) is 30.3 Å². The van der Waals surface area contributed by atoms with Gasteiger partial charge in [0.15, 0.2) is 17.4 Å². The first-order valence-corrected chi connectivity index (χ1v) is 5.04. The largest absolute Gasteiger partial charge is 0.398 e. The molecule has 5 heteroatoms. The van der Waals surface area contributed by atoms with Crippen LogP contribution in [0.25, 0.3) is 0 Å². The normalized spacial score (nSPS) is 10.4. The van der Waals surface area contributed by atoms with Crippen molar-refractivity contribution in [1.82, 2.24) is 0 Å². The van der Waals surface area contributed by atoms with Crippen LogP contribution in [-0.2, 0) is 0 Å². The minimum atomic E-state index is -1.14. The van der Waals surface area contributed by atoms with E-state index in [4.69, 9.17) is 5.73 Å². The average Bonchev–Trinajstić information content (AvgIpc) is 2.35. The van der Waals surface area contributed by atoms with Crippen molar-refractivity contribution >= 4 is 11.5 Å². The van der Waals surface area contributed by atoms with Gasteiger partial charge in [-0.2, -0.15) is 0 Å². The molecule has 0 aliphatic rings. The predicted molar refractivity (Wildman–Crippen MR) is 60.6 cm³/mol. The second-order valence-corrected chi connectivity index (χ2v) is 3.69. The van der Waals surface area contributed by atoms with Gasteiger partial charge in [-0.15, -0.1) is 0 Å². The maximum Gasteiger partial charge on any atom is 0.195 e. The monoisotopic (exact) mass is 251 g/mol. The highest BCUT2D eigenvalue weighted by Gasteiger charge is 2.15. The van der Waals surface area contributed by atoms with E-state index in [1.807, 2.05) is 0 Å². The Morgan fingerprint density at radius 2 is 1.67 bits per heavy atom. The fourth-order valence-corrected chi connectivity index (χ4v) is 1.52. The third-order valence-electron chi connectivity index (χ3n) is 2.44. The molecule has 0 spiro atoms. The van der Waals surface area contributed by atoms with Crippen LogP contribution in [0.4, 0.5) is 18.9 Å². The number of hydrogen-bond acceptors (Lipinski definition) is 2. The number of hydrogen-bond donors (Lipinski definition) is 1. The Morgan fingerprint density at radius 1 is 0.944 bits per heavy atom. The summed E-state index contributed by atoms with van der Waals surface area (Å²) in [6.07, 6.45) is 0. The zero-order chi connectivity index (χ0) is 13.3. The number of carbonyl (C=O) groups excluding carboxylic acids is 1. The Balaban J connectivity index is 2.47. The molecule has 0 unspecified atom stereocenters. The van der Waals surface area contributed by atoms with Crippen molar-refractivity contribution in [3.8, 4) is 0 Å². The van der Waals surface area contributed by atoms with Crippen LogP contribution in [-0.4, -0.2) is 5.78 Å². The van der Waals surface area contributed by atoms with E-state index >= 15 is 0 Å². The van der Waals surface area contributed by atoms with E-state index in [-0.39, 0.29) is 16.8 Å². The first-order chi connectivity index (χ1) is 8.49. The quantitative estimate of drug-likeness (QED) is 0.658. The van der Waals surface area contributed by atoms with E-state index in [1.165, 1.54) is 6.07 Å².